The van der Waals surface area contributed by atoms with Crippen LogP contribution in [-0.4, -0.2) is 9.97 Å². The second kappa shape index (κ2) is 2.53. The van der Waals surface area contributed by atoms with Gasteiger partial charge in [-0.15, -0.1) is 0 Å². The van der Waals surface area contributed by atoms with Crippen molar-refractivity contribution in [2.24, 2.45) is 0 Å². The molecule has 0 unspecified atom stereocenters. The van der Waals surface area contributed by atoms with E-state index in [2.05, 4.69) is 9.97 Å². The summed E-state index contributed by atoms with van der Waals surface area (Å²) in [7, 11) is 0. The van der Waals surface area contributed by atoms with Crippen molar-refractivity contribution in [3.8, 4) is 0 Å². The molecule has 1 aromatic heterocycles. The summed E-state index contributed by atoms with van der Waals surface area (Å²) in [5.74, 6) is -0.541. The molecule has 0 N–H and O–H groups in total. The molecule has 0 aliphatic heterocycles. The van der Waals surface area contributed by atoms with E-state index in [0.29, 0.717) is 5.69 Å². The highest BCUT2D eigenvalue weighted by Crippen LogP contribution is 1.94. The molecule has 0 aromatic carbocycles. The summed E-state index contributed by atoms with van der Waals surface area (Å²) in [6, 6.07) is 0. The first-order valence-corrected chi connectivity index (χ1v) is 2.60. The smallest absolute Gasteiger partial charge is 0.231 e. The predicted octanol–water partition coefficient (Wildman–Crippen LogP) is 1.19. The average Bonchev–Trinajstić information content (AvgIpc) is 1.90. The third-order valence-corrected chi connectivity index (χ3v) is 0.936. The molecule has 1 heterocycles. The van der Waals surface area contributed by atoms with Gasteiger partial charge in [-0.25, -0.2) is 4.98 Å². The van der Waals surface area contributed by atoms with Crippen LogP contribution in [0.2, 0.25) is 0 Å². The Balaban J connectivity index is 2.88. The number of hydrogen-bond acceptors (Lipinski definition) is 2. The molecule has 1 rings (SSSR count). The molecule has 1 aromatic rings. The summed E-state index contributed by atoms with van der Waals surface area (Å²) in [4.78, 5) is 7.09. The molecule has 0 aliphatic rings. The molecule has 9 heavy (non-hydrogen) atoms. The molecule has 3 heteroatoms. The molecule has 0 amide bonds. The summed E-state index contributed by atoms with van der Waals surface area (Å²) < 4.78 is 12.0. The van der Waals surface area contributed by atoms with Crippen LogP contribution in [-0.2, 0) is 0 Å². The number of rotatable bonds is 1. The fourth-order valence-corrected chi connectivity index (χ4v) is 0.471. The van der Waals surface area contributed by atoms with Gasteiger partial charge in [0.2, 0.25) is 5.95 Å². The number of nitrogens with zero attached hydrogens (tertiary/aromatic N) is 2. The van der Waals surface area contributed by atoms with Crippen molar-refractivity contribution in [3.05, 3.63) is 30.5 Å². The first-order valence-electron chi connectivity index (χ1n) is 2.60. The fraction of sp³-hybridized carbons (Fsp3) is 0.167. The van der Waals surface area contributed by atoms with Crippen LogP contribution >= 0.6 is 0 Å². The van der Waals surface area contributed by atoms with Crippen LogP contribution in [0.15, 0.2) is 12.4 Å². The Bertz CT molecular complexity index is 183. The summed E-state index contributed by atoms with van der Waals surface area (Å²) in [6.07, 6.45) is 4.23. The number of aromatic nitrogens is 2. The van der Waals surface area contributed by atoms with Crippen molar-refractivity contribution in [2.75, 3.05) is 0 Å². The molecular weight excluding hydrogens is 119 g/mol. The number of hydrogen-bond donors (Lipinski definition) is 0. The van der Waals surface area contributed by atoms with Crippen molar-refractivity contribution < 1.29 is 4.39 Å². The lowest BCUT2D eigenvalue weighted by Gasteiger charge is -1.90. The van der Waals surface area contributed by atoms with Gasteiger partial charge in [0.25, 0.3) is 0 Å². The maximum absolute atomic E-state index is 12.0. The topological polar surface area (TPSA) is 25.8 Å². The quantitative estimate of drug-likeness (QED) is 0.563. The molecule has 0 spiro atoms. The van der Waals surface area contributed by atoms with Crippen molar-refractivity contribution in [1.29, 1.82) is 0 Å². The first kappa shape index (κ1) is 6.13. The number of halogens is 1. The van der Waals surface area contributed by atoms with E-state index in [9.17, 15) is 4.39 Å². The SMILES string of the molecule is C[CH]c1cnc(F)cn1. The van der Waals surface area contributed by atoms with Gasteiger partial charge in [0, 0.05) is 6.42 Å². The third-order valence-electron chi connectivity index (χ3n) is 0.936. The van der Waals surface area contributed by atoms with Gasteiger partial charge in [-0.2, -0.15) is 4.39 Å². The van der Waals surface area contributed by atoms with E-state index in [1.165, 1.54) is 6.20 Å². The highest BCUT2D eigenvalue weighted by molar-refractivity contribution is 5.04. The molecule has 0 atom stereocenters. The van der Waals surface area contributed by atoms with Crippen LogP contribution in [0.5, 0.6) is 0 Å². The van der Waals surface area contributed by atoms with Crippen molar-refractivity contribution >= 4 is 0 Å². The third kappa shape index (κ3) is 1.45. The van der Waals surface area contributed by atoms with E-state index < -0.39 is 5.95 Å². The van der Waals surface area contributed by atoms with E-state index in [1.54, 1.807) is 6.42 Å². The standard InChI is InChI=1S/C6H6FN2/c1-2-5-3-9-6(7)4-8-5/h2-4H,1H3. The van der Waals surface area contributed by atoms with E-state index >= 15 is 0 Å². The van der Waals surface area contributed by atoms with Gasteiger partial charge in [-0.3, -0.25) is 4.98 Å². The van der Waals surface area contributed by atoms with Crippen LogP contribution in [0.3, 0.4) is 0 Å². The van der Waals surface area contributed by atoms with E-state index in [4.69, 9.17) is 0 Å². The lowest BCUT2D eigenvalue weighted by Crippen LogP contribution is -1.88. The Morgan fingerprint density at radius 2 is 2.22 bits per heavy atom. The Morgan fingerprint density at radius 1 is 1.44 bits per heavy atom. The first-order chi connectivity index (χ1) is 4.33. The molecule has 0 aliphatic carbocycles. The molecule has 0 saturated heterocycles. The van der Waals surface area contributed by atoms with Crippen LogP contribution < -0.4 is 0 Å². The zero-order valence-electron chi connectivity index (χ0n) is 5.00. The van der Waals surface area contributed by atoms with Gasteiger partial charge in [-0.05, 0) is 0 Å². The summed E-state index contributed by atoms with van der Waals surface area (Å²) in [6.45, 7) is 1.82. The largest absolute Gasteiger partial charge is 0.255 e. The molecule has 2 nitrogen and oxygen atoms in total. The van der Waals surface area contributed by atoms with E-state index in [-0.39, 0.29) is 0 Å². The normalized spacial score (nSPS) is 9.56. The Labute approximate surface area is 52.8 Å². The molecule has 0 bridgehead atoms. The molecule has 47 valence electrons. The zero-order valence-corrected chi connectivity index (χ0v) is 5.00. The molecule has 1 radical (unpaired) electrons. The van der Waals surface area contributed by atoms with E-state index in [0.717, 1.165) is 6.20 Å². The second-order valence-corrected chi connectivity index (χ2v) is 1.55. The van der Waals surface area contributed by atoms with Crippen molar-refractivity contribution in [2.45, 2.75) is 6.92 Å². The molecular formula is C6H6FN2. The summed E-state index contributed by atoms with van der Waals surface area (Å²) in [5.41, 5.74) is 0.691. The minimum absolute atomic E-state index is 0.541. The van der Waals surface area contributed by atoms with Gasteiger partial charge < -0.3 is 0 Å². The van der Waals surface area contributed by atoms with Gasteiger partial charge in [0.1, 0.15) is 0 Å². The zero-order chi connectivity index (χ0) is 6.69. The minimum Gasteiger partial charge on any atom is -0.255 e. The minimum atomic E-state index is -0.541. The van der Waals surface area contributed by atoms with Crippen molar-refractivity contribution in [1.82, 2.24) is 9.97 Å². The van der Waals surface area contributed by atoms with Gasteiger partial charge in [0.05, 0.1) is 18.1 Å². The Hall–Kier alpha value is -0.990. The van der Waals surface area contributed by atoms with Crippen LogP contribution in [0, 0.1) is 12.4 Å². The second-order valence-electron chi connectivity index (χ2n) is 1.55. The van der Waals surface area contributed by atoms with Gasteiger partial charge in [0.15, 0.2) is 0 Å². The monoisotopic (exact) mass is 125 g/mol. The Morgan fingerprint density at radius 3 is 2.67 bits per heavy atom. The molecule has 0 fully saturated rings. The maximum atomic E-state index is 12.0. The van der Waals surface area contributed by atoms with Crippen LogP contribution in [0.1, 0.15) is 12.6 Å². The average molecular weight is 125 g/mol. The van der Waals surface area contributed by atoms with Crippen molar-refractivity contribution in [3.63, 3.8) is 0 Å². The maximum Gasteiger partial charge on any atom is 0.231 e. The van der Waals surface area contributed by atoms with Crippen LogP contribution in [0.25, 0.3) is 0 Å². The fourth-order valence-electron chi connectivity index (χ4n) is 0.471. The highest BCUT2D eigenvalue weighted by atomic mass is 19.1. The van der Waals surface area contributed by atoms with Gasteiger partial charge in [-0.1, -0.05) is 6.92 Å². The van der Waals surface area contributed by atoms with Crippen LogP contribution in [0.4, 0.5) is 4.39 Å². The molecule has 0 saturated carbocycles. The van der Waals surface area contributed by atoms with E-state index in [1.807, 2.05) is 6.92 Å². The highest BCUT2D eigenvalue weighted by Gasteiger charge is 1.90. The lowest BCUT2D eigenvalue weighted by molar-refractivity contribution is 0.575. The summed E-state index contributed by atoms with van der Waals surface area (Å²) >= 11 is 0. The summed E-state index contributed by atoms with van der Waals surface area (Å²) in [5, 5.41) is 0. The lowest BCUT2D eigenvalue weighted by atomic mass is 10.4. The van der Waals surface area contributed by atoms with Gasteiger partial charge >= 0.3 is 0 Å². The predicted molar refractivity (Wildman–Crippen MR) is 31.1 cm³/mol. The Kier molecular flexibility index (Phi) is 1.72.